The van der Waals surface area contributed by atoms with Gasteiger partial charge in [-0.05, 0) is 12.1 Å². The highest BCUT2D eigenvalue weighted by molar-refractivity contribution is 5.79. The lowest BCUT2D eigenvalue weighted by Gasteiger charge is -2.06. The van der Waals surface area contributed by atoms with E-state index in [1.54, 1.807) is 7.05 Å². The van der Waals surface area contributed by atoms with Gasteiger partial charge in [0.25, 0.3) is 0 Å². The van der Waals surface area contributed by atoms with Crippen molar-refractivity contribution < 1.29 is 0 Å². The first-order valence-electron chi connectivity index (χ1n) is 5.65. The SMILES string of the molecule is CN=C(NC)NCCc1nc2ccccc2[nH]1. The quantitative estimate of drug-likeness (QED) is 0.543. The first kappa shape index (κ1) is 11.4. The molecule has 3 N–H and O–H groups in total. The normalized spacial score (nSPS) is 11.8. The van der Waals surface area contributed by atoms with E-state index >= 15 is 0 Å². The summed E-state index contributed by atoms with van der Waals surface area (Å²) < 4.78 is 0. The Morgan fingerprint density at radius 2 is 2.24 bits per heavy atom. The van der Waals surface area contributed by atoms with Gasteiger partial charge in [0, 0.05) is 27.1 Å². The van der Waals surface area contributed by atoms with Crippen LogP contribution in [0, 0.1) is 0 Å². The molecule has 0 saturated carbocycles. The maximum absolute atomic E-state index is 4.51. The molecule has 0 amide bonds. The van der Waals surface area contributed by atoms with Crippen molar-refractivity contribution in [3.8, 4) is 0 Å². The summed E-state index contributed by atoms with van der Waals surface area (Å²) in [4.78, 5) is 11.8. The van der Waals surface area contributed by atoms with Gasteiger partial charge in [0.15, 0.2) is 5.96 Å². The van der Waals surface area contributed by atoms with Crippen molar-refractivity contribution in [3.63, 3.8) is 0 Å². The number of aromatic amines is 1. The van der Waals surface area contributed by atoms with Crippen molar-refractivity contribution in [2.24, 2.45) is 4.99 Å². The van der Waals surface area contributed by atoms with Crippen LogP contribution in [0.3, 0.4) is 0 Å². The smallest absolute Gasteiger partial charge is 0.190 e. The van der Waals surface area contributed by atoms with E-state index in [1.807, 2.05) is 31.3 Å². The van der Waals surface area contributed by atoms with Crippen molar-refractivity contribution >= 4 is 17.0 Å². The standard InChI is InChI=1S/C12H17N5/c1-13-12(14-2)15-8-7-11-16-9-5-3-4-6-10(9)17-11/h3-6H,7-8H2,1-2H3,(H,16,17)(H2,13,14,15). The van der Waals surface area contributed by atoms with Crippen LogP contribution in [-0.4, -0.2) is 36.6 Å². The zero-order valence-electron chi connectivity index (χ0n) is 10.1. The Morgan fingerprint density at radius 3 is 2.94 bits per heavy atom. The zero-order chi connectivity index (χ0) is 12.1. The molecular formula is C12H17N5. The number of hydrogen-bond acceptors (Lipinski definition) is 2. The van der Waals surface area contributed by atoms with Crippen LogP contribution in [0.1, 0.15) is 5.82 Å². The molecule has 17 heavy (non-hydrogen) atoms. The highest BCUT2D eigenvalue weighted by Gasteiger charge is 2.01. The lowest BCUT2D eigenvalue weighted by Crippen LogP contribution is -2.35. The van der Waals surface area contributed by atoms with Crippen LogP contribution in [0.15, 0.2) is 29.3 Å². The molecule has 5 nitrogen and oxygen atoms in total. The van der Waals surface area contributed by atoms with Crippen molar-refractivity contribution in [1.29, 1.82) is 0 Å². The molecule has 0 aliphatic rings. The summed E-state index contributed by atoms with van der Waals surface area (Å²) in [5, 5.41) is 6.16. The third kappa shape index (κ3) is 2.75. The average Bonchev–Trinajstić information content (AvgIpc) is 2.77. The number of benzene rings is 1. The number of nitrogens with zero attached hydrogens (tertiary/aromatic N) is 2. The summed E-state index contributed by atoms with van der Waals surface area (Å²) in [5.74, 6) is 1.78. The fourth-order valence-corrected chi connectivity index (χ4v) is 1.70. The second-order valence-electron chi connectivity index (χ2n) is 3.70. The third-order valence-corrected chi connectivity index (χ3v) is 2.55. The van der Waals surface area contributed by atoms with Crippen LogP contribution in [-0.2, 0) is 6.42 Å². The van der Waals surface area contributed by atoms with Gasteiger partial charge < -0.3 is 15.6 Å². The molecule has 2 aromatic rings. The summed E-state index contributed by atoms with van der Waals surface area (Å²) in [7, 11) is 3.59. The Kier molecular flexibility index (Phi) is 3.59. The molecule has 0 aliphatic heterocycles. The first-order valence-corrected chi connectivity index (χ1v) is 5.65. The Hall–Kier alpha value is -2.04. The summed E-state index contributed by atoms with van der Waals surface area (Å²) >= 11 is 0. The minimum absolute atomic E-state index is 0.793. The fourth-order valence-electron chi connectivity index (χ4n) is 1.70. The minimum Gasteiger partial charge on any atom is -0.359 e. The van der Waals surface area contributed by atoms with Crippen molar-refractivity contribution in [2.45, 2.75) is 6.42 Å². The summed E-state index contributed by atoms with van der Waals surface area (Å²) in [6.07, 6.45) is 0.843. The molecule has 0 spiro atoms. The summed E-state index contributed by atoms with van der Waals surface area (Å²) in [6, 6.07) is 8.04. The molecule has 90 valence electrons. The maximum Gasteiger partial charge on any atom is 0.190 e. The van der Waals surface area contributed by atoms with E-state index in [2.05, 4.69) is 25.6 Å². The van der Waals surface area contributed by atoms with Crippen LogP contribution >= 0.6 is 0 Å². The number of aromatic nitrogens is 2. The number of nitrogens with one attached hydrogen (secondary N) is 3. The van der Waals surface area contributed by atoms with E-state index in [1.165, 1.54) is 0 Å². The van der Waals surface area contributed by atoms with Crippen LogP contribution in [0.25, 0.3) is 11.0 Å². The molecule has 1 heterocycles. The summed E-state index contributed by atoms with van der Waals surface area (Å²) in [6.45, 7) is 0.799. The predicted octanol–water partition coefficient (Wildman–Crippen LogP) is 0.900. The Labute approximate surface area is 100 Å². The molecule has 0 unspecified atom stereocenters. The lowest BCUT2D eigenvalue weighted by molar-refractivity contribution is 0.804. The topological polar surface area (TPSA) is 65.1 Å². The Bertz CT molecular complexity index is 481. The van der Waals surface area contributed by atoms with Crippen molar-refractivity contribution in [2.75, 3.05) is 20.6 Å². The third-order valence-electron chi connectivity index (χ3n) is 2.55. The molecule has 0 saturated heterocycles. The first-order chi connectivity index (χ1) is 8.33. The number of hydrogen-bond donors (Lipinski definition) is 3. The molecular weight excluding hydrogens is 214 g/mol. The van der Waals surface area contributed by atoms with E-state index in [4.69, 9.17) is 0 Å². The molecule has 0 bridgehead atoms. The Balaban J connectivity index is 1.95. The van der Waals surface area contributed by atoms with E-state index in [9.17, 15) is 0 Å². The fraction of sp³-hybridized carbons (Fsp3) is 0.333. The minimum atomic E-state index is 0.793. The number of H-pyrrole nitrogens is 1. The maximum atomic E-state index is 4.51. The molecule has 0 aliphatic carbocycles. The number of imidazole rings is 1. The summed E-state index contributed by atoms with van der Waals surface area (Å²) in [5.41, 5.74) is 2.10. The number of guanidine groups is 1. The van der Waals surface area contributed by atoms with E-state index < -0.39 is 0 Å². The molecule has 5 heteroatoms. The average molecular weight is 231 g/mol. The molecule has 2 rings (SSSR count). The van der Waals surface area contributed by atoms with Gasteiger partial charge in [0.05, 0.1) is 11.0 Å². The second-order valence-corrected chi connectivity index (χ2v) is 3.70. The molecule has 0 radical (unpaired) electrons. The number of fused-ring (bicyclic) bond motifs is 1. The highest BCUT2D eigenvalue weighted by atomic mass is 15.1. The van der Waals surface area contributed by atoms with Gasteiger partial charge in [0.1, 0.15) is 5.82 Å². The van der Waals surface area contributed by atoms with Crippen LogP contribution in [0.5, 0.6) is 0 Å². The zero-order valence-corrected chi connectivity index (χ0v) is 10.1. The van der Waals surface area contributed by atoms with Gasteiger partial charge >= 0.3 is 0 Å². The number of aliphatic imine (C=N–C) groups is 1. The van der Waals surface area contributed by atoms with E-state index in [0.29, 0.717) is 0 Å². The number of para-hydroxylation sites is 2. The van der Waals surface area contributed by atoms with Crippen LogP contribution in [0.2, 0.25) is 0 Å². The predicted molar refractivity (Wildman–Crippen MR) is 70.2 cm³/mol. The van der Waals surface area contributed by atoms with Crippen LogP contribution in [0.4, 0.5) is 0 Å². The molecule has 0 fully saturated rings. The highest BCUT2D eigenvalue weighted by Crippen LogP contribution is 2.09. The molecule has 1 aromatic carbocycles. The Morgan fingerprint density at radius 1 is 1.41 bits per heavy atom. The van der Waals surface area contributed by atoms with Gasteiger partial charge in [-0.2, -0.15) is 0 Å². The van der Waals surface area contributed by atoms with Crippen molar-refractivity contribution in [3.05, 3.63) is 30.1 Å². The van der Waals surface area contributed by atoms with E-state index in [-0.39, 0.29) is 0 Å². The largest absolute Gasteiger partial charge is 0.359 e. The monoisotopic (exact) mass is 231 g/mol. The van der Waals surface area contributed by atoms with Gasteiger partial charge in [-0.1, -0.05) is 12.1 Å². The van der Waals surface area contributed by atoms with Crippen molar-refractivity contribution in [1.82, 2.24) is 20.6 Å². The molecule has 0 atom stereocenters. The van der Waals surface area contributed by atoms with E-state index in [0.717, 1.165) is 35.8 Å². The second kappa shape index (κ2) is 5.34. The molecule has 1 aromatic heterocycles. The van der Waals surface area contributed by atoms with Gasteiger partial charge in [-0.15, -0.1) is 0 Å². The van der Waals surface area contributed by atoms with Gasteiger partial charge in [-0.25, -0.2) is 4.98 Å². The van der Waals surface area contributed by atoms with Gasteiger partial charge in [-0.3, -0.25) is 4.99 Å². The lowest BCUT2D eigenvalue weighted by atomic mass is 10.3. The van der Waals surface area contributed by atoms with Gasteiger partial charge in [0.2, 0.25) is 0 Å². The number of rotatable bonds is 3. The van der Waals surface area contributed by atoms with Crippen LogP contribution < -0.4 is 10.6 Å².